The third kappa shape index (κ3) is 12.4. The van der Waals surface area contributed by atoms with Gasteiger partial charge in [0.05, 0.1) is 44.2 Å². The highest BCUT2D eigenvalue weighted by Crippen LogP contribution is 2.67. The van der Waals surface area contributed by atoms with Crippen molar-refractivity contribution < 1.29 is 108 Å². The Morgan fingerprint density at radius 2 is 1.50 bits per heavy atom. The summed E-state index contributed by atoms with van der Waals surface area (Å²) in [4.78, 5) is 77.0. The fourth-order valence-corrected chi connectivity index (χ4v) is 13.2. The number of ether oxygens (including phenoxy) is 7. The molecule has 6 fully saturated rings. The van der Waals surface area contributed by atoms with Gasteiger partial charge in [-0.3, -0.25) is 28.8 Å². The summed E-state index contributed by atoms with van der Waals surface area (Å²) in [6, 6.07) is -3.90. The number of esters is 3. The van der Waals surface area contributed by atoms with Crippen molar-refractivity contribution >= 4 is 35.4 Å². The van der Waals surface area contributed by atoms with Gasteiger partial charge in [0.1, 0.15) is 72.7 Å². The molecule has 27 nitrogen and oxygen atoms in total. The fourth-order valence-electron chi connectivity index (χ4n) is 13.2. The number of hydrogen-bond acceptors (Lipinski definition) is 26. The molecule has 27 heteroatoms. The summed E-state index contributed by atoms with van der Waals surface area (Å²) in [5, 5.41) is 101. The molecule has 0 radical (unpaired) electrons. The van der Waals surface area contributed by atoms with Crippen molar-refractivity contribution in [3.8, 4) is 0 Å². The molecule has 4 saturated carbocycles. The minimum atomic E-state index is -1.88. The Hall–Kier alpha value is -3.98. The van der Waals surface area contributed by atoms with E-state index in [1.165, 1.54) is 6.08 Å². The van der Waals surface area contributed by atoms with E-state index in [4.69, 9.17) is 56.1 Å². The maximum atomic E-state index is 13.7. The van der Waals surface area contributed by atoms with E-state index < -0.39 is 176 Å². The predicted octanol–water partition coefficient (Wildman–Crippen LogP) is -5.65. The molecule has 2 aliphatic heterocycles. The maximum absolute atomic E-state index is 13.7. The lowest BCUT2D eigenvalue weighted by Crippen LogP contribution is -2.69. The third-order valence-corrected chi connectivity index (χ3v) is 17.5. The Balaban J connectivity index is 0.858. The van der Waals surface area contributed by atoms with Crippen LogP contribution in [0, 0.1) is 28.6 Å². The molecule has 0 spiro atoms. The molecule has 0 aromatic carbocycles. The average Bonchev–Trinajstić information content (AvgIpc) is 3.93. The van der Waals surface area contributed by atoms with Gasteiger partial charge in [0.15, 0.2) is 25.0 Å². The van der Waals surface area contributed by atoms with Gasteiger partial charge in [-0.25, -0.2) is 0 Å². The fraction of sp³-hybridized carbons (Fsp3) is 0.804. The maximum Gasteiger partial charge on any atom is 0.306 e. The monoisotopic (exact) mass is 1110 g/mol. The minimum Gasteiger partial charge on any atom is -0.466 e. The van der Waals surface area contributed by atoms with E-state index in [0.29, 0.717) is 19.3 Å². The van der Waals surface area contributed by atoms with Crippen molar-refractivity contribution in [1.82, 2.24) is 5.32 Å². The molecule has 0 aromatic heterocycles. The molecular weight excluding hydrogens is 1030 g/mol. The van der Waals surface area contributed by atoms with Gasteiger partial charge in [0.25, 0.3) is 0 Å². The van der Waals surface area contributed by atoms with Gasteiger partial charge in [-0.1, -0.05) is 25.5 Å². The number of nitrogens with two attached hydrogens (primary N) is 4. The van der Waals surface area contributed by atoms with Crippen LogP contribution in [0.4, 0.5) is 0 Å². The van der Waals surface area contributed by atoms with E-state index in [9.17, 15) is 74.7 Å². The SMILES string of the molecule is C[C@]12C=CC(=O)C=C1CCC1C2[C@@H](O)C[C@@]2(C)C1CC[C@]2(O)C(=O)COC(=O)CCC(=O)OCCCC(=O)O[C@H]1[C@H](N)[C@@H](O)[C@@H](O[C@@H]2[C@@H](O)[C@H](O[C@H]3O[C@H](CN)[C@@H](O)[C@H](O)[C@H]3O)[C@@H](N)C[C@H]2NC(=O)[C@@H](O)CCN)O[C@@H]1CO. The first-order chi connectivity index (χ1) is 36.8. The Labute approximate surface area is 449 Å². The summed E-state index contributed by atoms with van der Waals surface area (Å²) >= 11 is 0. The van der Waals surface area contributed by atoms with Crippen LogP contribution < -0.4 is 28.3 Å². The Morgan fingerprint density at radius 3 is 2.18 bits per heavy atom. The molecule has 5 aliphatic carbocycles. The highest BCUT2D eigenvalue weighted by atomic mass is 16.7. The largest absolute Gasteiger partial charge is 0.466 e. The lowest BCUT2D eigenvalue weighted by molar-refractivity contribution is -0.333. The molecule has 78 heavy (non-hydrogen) atoms. The van der Waals surface area contributed by atoms with Crippen LogP contribution in [0.2, 0.25) is 0 Å². The molecule has 0 bridgehead atoms. The van der Waals surface area contributed by atoms with Crippen molar-refractivity contribution in [1.29, 1.82) is 0 Å². The van der Waals surface area contributed by atoms with Crippen molar-refractivity contribution in [2.75, 3.05) is 32.9 Å². The molecule has 2 heterocycles. The lowest BCUT2D eigenvalue weighted by atomic mass is 9.46. The van der Waals surface area contributed by atoms with E-state index in [-0.39, 0.29) is 81.8 Å². The van der Waals surface area contributed by atoms with Gasteiger partial charge in [-0.05, 0) is 81.9 Å². The first-order valence-electron chi connectivity index (χ1n) is 26.7. The topological polar surface area (TPSA) is 465 Å². The number of carbonyl (C=O) groups excluding carboxylic acids is 6. The smallest absolute Gasteiger partial charge is 0.306 e. The zero-order valence-corrected chi connectivity index (χ0v) is 43.7. The van der Waals surface area contributed by atoms with Crippen molar-refractivity contribution in [3.05, 3.63) is 23.8 Å². The molecule has 440 valence electrons. The van der Waals surface area contributed by atoms with Crippen LogP contribution in [0.3, 0.4) is 0 Å². The summed E-state index contributed by atoms with van der Waals surface area (Å²) in [5.41, 5.74) is 21.4. The summed E-state index contributed by atoms with van der Waals surface area (Å²) in [7, 11) is 0. The third-order valence-electron chi connectivity index (χ3n) is 17.5. The van der Waals surface area contributed by atoms with E-state index in [2.05, 4.69) is 5.32 Å². The van der Waals surface area contributed by atoms with Crippen molar-refractivity contribution in [2.24, 2.45) is 51.5 Å². The minimum absolute atomic E-state index is 0.0250. The lowest BCUT2D eigenvalue weighted by Gasteiger charge is -2.59. The molecule has 1 amide bonds. The number of hydrogen-bond donors (Lipinski definition) is 14. The summed E-state index contributed by atoms with van der Waals surface area (Å²) in [6.45, 7) is 1.57. The summed E-state index contributed by atoms with van der Waals surface area (Å²) in [6.07, 6.45) is -16.6. The number of amides is 1. The summed E-state index contributed by atoms with van der Waals surface area (Å²) < 4.78 is 39.1. The standard InChI is InChI=1S/C51H79N5O22/c1-49-12-9-23(58)16-22(49)5-6-24-25-10-13-51(71,50(25,2)18-29(60)36(24)49)32(61)21-73-34(63)8-7-33(62)72-15-3-4-35(64)76-45-31(20-57)75-47(39(66)37(45)55)78-44-27(56-46(70)28(59)11-14-52)17-26(54)43(42(44)69)77-48-41(68)40(67)38(65)30(19-53)74-48/h9,12,16,24-31,36-45,47-48,57,59-60,65-69,71H,3-8,10-11,13-15,17-21,52-55H2,1-2H3,(H,56,70)/t24?,25?,26-,27+,28-,29-,30+,31+,36?,37+,38+,39+,40-,41+,42-,43+,44-,45+,47+,48+,49-,50-,51-/m0/s1. The molecular formula is C51H79N5O22. The molecule has 7 rings (SSSR count). The number of ketones is 2. The number of allylic oxidation sites excluding steroid dienone is 4. The van der Waals surface area contributed by atoms with Crippen LogP contribution in [0.15, 0.2) is 23.8 Å². The molecule has 3 unspecified atom stereocenters. The van der Waals surface area contributed by atoms with Gasteiger partial charge in [-0.2, -0.15) is 0 Å². The molecule has 23 atom stereocenters. The van der Waals surface area contributed by atoms with Crippen LogP contribution in [0.25, 0.3) is 0 Å². The van der Waals surface area contributed by atoms with Crippen LogP contribution in [0.5, 0.6) is 0 Å². The highest BCUT2D eigenvalue weighted by Gasteiger charge is 2.68. The number of aliphatic hydroxyl groups is 9. The number of fused-ring (bicyclic) bond motifs is 5. The van der Waals surface area contributed by atoms with E-state index in [0.717, 1.165) is 5.57 Å². The second kappa shape index (κ2) is 25.4. The Bertz CT molecular complexity index is 2240. The normalized spacial score (nSPS) is 42.5. The van der Waals surface area contributed by atoms with E-state index >= 15 is 0 Å². The predicted molar refractivity (Wildman–Crippen MR) is 264 cm³/mol. The number of aliphatic hydroxyl groups excluding tert-OH is 8. The van der Waals surface area contributed by atoms with Crippen LogP contribution in [0.1, 0.15) is 84.5 Å². The molecule has 18 N–H and O–H groups in total. The molecule has 7 aliphatic rings. The average molecular weight is 1110 g/mol. The zero-order valence-electron chi connectivity index (χ0n) is 43.7. The second-order valence-electron chi connectivity index (χ2n) is 22.3. The van der Waals surface area contributed by atoms with Gasteiger partial charge in [0, 0.05) is 35.8 Å². The molecule has 0 aromatic rings. The van der Waals surface area contributed by atoms with Crippen LogP contribution in [-0.2, 0) is 61.9 Å². The highest BCUT2D eigenvalue weighted by molar-refractivity contribution is 6.01. The second-order valence-corrected chi connectivity index (χ2v) is 22.3. The van der Waals surface area contributed by atoms with E-state index in [1.807, 2.05) is 13.0 Å². The van der Waals surface area contributed by atoms with Crippen LogP contribution >= 0.6 is 0 Å². The van der Waals surface area contributed by atoms with Crippen LogP contribution in [-0.4, -0.2) is 224 Å². The first-order valence-corrected chi connectivity index (χ1v) is 26.7. The first kappa shape index (κ1) is 61.6. The number of nitrogens with one attached hydrogen (secondary N) is 1. The van der Waals surface area contributed by atoms with E-state index in [1.54, 1.807) is 13.0 Å². The quantitative estimate of drug-likeness (QED) is 0.0289. The van der Waals surface area contributed by atoms with Gasteiger partial charge in [-0.15, -0.1) is 0 Å². The molecule has 2 saturated heterocycles. The van der Waals surface area contributed by atoms with Gasteiger partial charge in [0.2, 0.25) is 11.7 Å². The van der Waals surface area contributed by atoms with Gasteiger partial charge < -0.3 is 107 Å². The van der Waals surface area contributed by atoms with Crippen molar-refractivity contribution in [3.63, 3.8) is 0 Å². The van der Waals surface area contributed by atoms with Crippen molar-refractivity contribution in [2.45, 2.75) is 194 Å². The summed E-state index contributed by atoms with van der Waals surface area (Å²) in [5.74, 6) is -4.69. The number of carbonyl (C=O) groups is 6. The Morgan fingerprint density at radius 1 is 0.833 bits per heavy atom. The Kier molecular flexibility index (Phi) is 20.1. The zero-order chi connectivity index (χ0) is 57.2. The number of rotatable bonds is 21. The van der Waals surface area contributed by atoms with Gasteiger partial charge >= 0.3 is 17.9 Å². The number of Topliss-reactive ketones (excluding diaryl/α,β-unsaturated/α-hetero) is 1.